The van der Waals surface area contributed by atoms with Crippen molar-refractivity contribution in [2.75, 3.05) is 17.2 Å². The molecule has 3 nitrogen and oxygen atoms in total. The molecule has 0 aliphatic heterocycles. The third kappa shape index (κ3) is 2.91. The highest BCUT2D eigenvalue weighted by Crippen LogP contribution is 2.40. The van der Waals surface area contributed by atoms with E-state index in [-0.39, 0.29) is 11.3 Å². The second-order valence-corrected chi connectivity index (χ2v) is 5.82. The maximum Gasteiger partial charge on any atom is 0.232 e. The first-order valence-electron chi connectivity index (χ1n) is 7.24. The van der Waals surface area contributed by atoms with Gasteiger partial charge in [0.2, 0.25) is 5.91 Å². The molecule has 0 heterocycles. The van der Waals surface area contributed by atoms with Gasteiger partial charge in [-0.25, -0.2) is 0 Å². The molecule has 1 aliphatic rings. The fraction of sp³-hybridized carbons (Fsp3) is 0.562. The lowest BCUT2D eigenvalue weighted by molar-refractivity contribution is -0.127. The molecule has 0 unspecified atom stereocenters. The summed E-state index contributed by atoms with van der Waals surface area (Å²) in [6.07, 6.45) is 5.30. The zero-order valence-electron chi connectivity index (χ0n) is 12.0. The highest BCUT2D eigenvalue weighted by Gasteiger charge is 2.39. The van der Waals surface area contributed by atoms with Gasteiger partial charge < -0.3 is 10.6 Å². The van der Waals surface area contributed by atoms with Crippen molar-refractivity contribution in [2.24, 2.45) is 5.41 Å². The Kier molecular flexibility index (Phi) is 4.13. The van der Waals surface area contributed by atoms with Crippen LogP contribution >= 0.6 is 0 Å². The minimum atomic E-state index is -0.181. The van der Waals surface area contributed by atoms with E-state index < -0.39 is 0 Å². The van der Waals surface area contributed by atoms with E-state index in [2.05, 4.69) is 13.8 Å². The molecule has 1 aromatic rings. The molecule has 0 bridgehead atoms. The molecule has 2 N–H and O–H groups in total. The van der Waals surface area contributed by atoms with E-state index in [1.165, 1.54) is 12.8 Å². The molecule has 19 heavy (non-hydrogen) atoms. The van der Waals surface area contributed by atoms with Gasteiger partial charge in [-0.15, -0.1) is 0 Å². The smallest absolute Gasteiger partial charge is 0.232 e. The number of amides is 1. The topological polar surface area (TPSA) is 46.3 Å². The lowest BCUT2D eigenvalue weighted by atomic mass is 9.87. The number of carbonyl (C=O) groups excluding carboxylic acids is 1. The maximum atomic E-state index is 12.9. The molecule has 1 amide bonds. The number of hydrogen-bond donors (Lipinski definition) is 1. The molecule has 104 valence electrons. The number of rotatable bonds is 4. The Morgan fingerprint density at radius 2 is 2.05 bits per heavy atom. The number of nitrogens with zero attached hydrogens (tertiary/aromatic N) is 1. The zero-order chi connectivity index (χ0) is 13.9. The van der Waals surface area contributed by atoms with E-state index in [9.17, 15) is 4.79 Å². The molecule has 1 saturated carbocycles. The molecule has 0 radical (unpaired) electrons. The van der Waals surface area contributed by atoms with Crippen LogP contribution in [0, 0.1) is 5.41 Å². The Morgan fingerprint density at radius 1 is 1.37 bits per heavy atom. The number of anilines is 2. The van der Waals surface area contributed by atoms with Gasteiger partial charge >= 0.3 is 0 Å². The number of nitrogen functional groups attached to an aromatic ring is 1. The molecule has 1 aromatic carbocycles. The van der Waals surface area contributed by atoms with Crippen molar-refractivity contribution in [1.82, 2.24) is 0 Å². The number of benzene rings is 1. The summed E-state index contributed by atoms with van der Waals surface area (Å²) in [6.45, 7) is 4.97. The van der Waals surface area contributed by atoms with Gasteiger partial charge in [0.15, 0.2) is 0 Å². The van der Waals surface area contributed by atoms with Crippen LogP contribution in [-0.4, -0.2) is 12.5 Å². The fourth-order valence-electron chi connectivity index (χ4n) is 2.96. The third-order valence-electron chi connectivity index (χ3n) is 4.10. The maximum absolute atomic E-state index is 12.9. The first kappa shape index (κ1) is 13.9. The summed E-state index contributed by atoms with van der Waals surface area (Å²) < 4.78 is 0. The molecule has 2 rings (SSSR count). The number of nitrogens with two attached hydrogens (primary N) is 1. The van der Waals surface area contributed by atoms with Gasteiger partial charge in [-0.05, 0) is 37.5 Å². The molecule has 0 saturated heterocycles. The molecule has 1 aliphatic carbocycles. The highest BCUT2D eigenvalue weighted by molar-refractivity contribution is 5.97. The zero-order valence-corrected chi connectivity index (χ0v) is 12.0. The Balaban J connectivity index is 2.27. The van der Waals surface area contributed by atoms with Gasteiger partial charge in [-0.2, -0.15) is 0 Å². The average Bonchev–Trinajstić information content (AvgIpc) is 2.83. The van der Waals surface area contributed by atoms with Crippen molar-refractivity contribution < 1.29 is 4.79 Å². The Hall–Kier alpha value is -1.51. The van der Waals surface area contributed by atoms with Crippen molar-refractivity contribution in [3.05, 3.63) is 24.3 Å². The van der Waals surface area contributed by atoms with Crippen molar-refractivity contribution >= 4 is 17.3 Å². The molecule has 0 atom stereocenters. The minimum Gasteiger partial charge on any atom is -0.399 e. The van der Waals surface area contributed by atoms with Crippen molar-refractivity contribution in [1.29, 1.82) is 0 Å². The first-order valence-corrected chi connectivity index (χ1v) is 7.24. The summed E-state index contributed by atoms with van der Waals surface area (Å²) in [6, 6.07) is 7.64. The average molecular weight is 260 g/mol. The predicted molar refractivity (Wildman–Crippen MR) is 80.1 cm³/mol. The third-order valence-corrected chi connectivity index (χ3v) is 4.10. The molecule has 3 heteroatoms. The van der Waals surface area contributed by atoms with Crippen LogP contribution in [0.5, 0.6) is 0 Å². The second-order valence-electron chi connectivity index (χ2n) is 5.82. The van der Waals surface area contributed by atoms with Crippen LogP contribution in [0.1, 0.15) is 46.0 Å². The largest absolute Gasteiger partial charge is 0.399 e. The summed E-state index contributed by atoms with van der Waals surface area (Å²) >= 11 is 0. The quantitative estimate of drug-likeness (QED) is 0.841. The van der Waals surface area contributed by atoms with Crippen molar-refractivity contribution in [3.8, 4) is 0 Å². The van der Waals surface area contributed by atoms with Gasteiger partial charge in [-0.1, -0.05) is 32.8 Å². The number of carbonyl (C=O) groups is 1. The van der Waals surface area contributed by atoms with E-state index in [4.69, 9.17) is 5.73 Å². The van der Waals surface area contributed by atoms with Crippen LogP contribution in [0.2, 0.25) is 0 Å². The van der Waals surface area contributed by atoms with E-state index in [1.807, 2.05) is 29.2 Å². The van der Waals surface area contributed by atoms with Crippen LogP contribution in [0.25, 0.3) is 0 Å². The van der Waals surface area contributed by atoms with Crippen LogP contribution < -0.4 is 10.6 Å². The summed E-state index contributed by atoms with van der Waals surface area (Å²) in [4.78, 5) is 14.8. The Bertz CT molecular complexity index is 450. The fourth-order valence-corrected chi connectivity index (χ4v) is 2.96. The Labute approximate surface area is 115 Å². The van der Waals surface area contributed by atoms with Gasteiger partial charge in [0.1, 0.15) is 0 Å². The van der Waals surface area contributed by atoms with Crippen LogP contribution in [0.4, 0.5) is 11.4 Å². The first-order chi connectivity index (χ1) is 9.07. The second kappa shape index (κ2) is 5.64. The monoisotopic (exact) mass is 260 g/mol. The van der Waals surface area contributed by atoms with Gasteiger partial charge in [0.05, 0.1) is 0 Å². The van der Waals surface area contributed by atoms with Crippen molar-refractivity contribution in [2.45, 2.75) is 46.0 Å². The van der Waals surface area contributed by atoms with E-state index >= 15 is 0 Å². The van der Waals surface area contributed by atoms with E-state index in [0.29, 0.717) is 5.69 Å². The predicted octanol–water partition coefficient (Wildman–Crippen LogP) is 3.59. The Morgan fingerprint density at radius 3 is 2.63 bits per heavy atom. The normalized spacial score (nSPS) is 17.4. The summed E-state index contributed by atoms with van der Waals surface area (Å²) in [5.74, 6) is 0.262. The van der Waals surface area contributed by atoms with Crippen LogP contribution in [-0.2, 0) is 4.79 Å². The summed E-state index contributed by atoms with van der Waals surface area (Å²) in [5, 5.41) is 0. The minimum absolute atomic E-state index is 0.181. The highest BCUT2D eigenvalue weighted by atomic mass is 16.2. The summed E-state index contributed by atoms with van der Waals surface area (Å²) in [7, 11) is 0. The van der Waals surface area contributed by atoms with Crippen LogP contribution in [0.3, 0.4) is 0 Å². The van der Waals surface area contributed by atoms with Crippen LogP contribution in [0.15, 0.2) is 24.3 Å². The van der Waals surface area contributed by atoms with Gasteiger partial charge in [-0.3, -0.25) is 4.79 Å². The van der Waals surface area contributed by atoms with E-state index in [0.717, 1.165) is 31.5 Å². The molecule has 0 spiro atoms. The van der Waals surface area contributed by atoms with Crippen molar-refractivity contribution in [3.63, 3.8) is 0 Å². The summed E-state index contributed by atoms with van der Waals surface area (Å²) in [5.41, 5.74) is 7.30. The van der Waals surface area contributed by atoms with E-state index in [1.54, 1.807) is 0 Å². The van der Waals surface area contributed by atoms with Gasteiger partial charge in [0, 0.05) is 23.3 Å². The molecule has 1 fully saturated rings. The molecular formula is C16H24N2O. The molecule has 0 aromatic heterocycles. The molecular weight excluding hydrogens is 236 g/mol. The number of hydrogen-bond acceptors (Lipinski definition) is 2. The lowest BCUT2D eigenvalue weighted by Crippen LogP contribution is -2.41. The standard InChI is InChI=1S/C16H24N2O/c1-3-11-18(14-8-6-7-13(17)12-14)15(19)16(2)9-4-5-10-16/h6-8,12H,3-5,9-11,17H2,1-2H3. The lowest BCUT2D eigenvalue weighted by Gasteiger charge is -2.31. The van der Waals surface area contributed by atoms with Gasteiger partial charge in [0.25, 0.3) is 0 Å². The SMILES string of the molecule is CCCN(C(=O)C1(C)CCCC1)c1cccc(N)c1.